The number of amides is 1. The number of likely N-dealkylation sites (tertiary alicyclic amines) is 1. The number of halogens is 1. The van der Waals surface area contributed by atoms with Crippen molar-refractivity contribution in [1.29, 1.82) is 0 Å². The standard InChI is InChI=1S/C18H28B4FNO5/c1-16(2,3)29-15(25)24-8-6-10(7-9-24)26-11-4-5-12-14(13(11)23)28-18(21,22)17(19,20)27-12/h4-5,10H,6-9,19-22H2,1-3H3. The van der Waals surface area contributed by atoms with Crippen molar-refractivity contribution in [2.75, 3.05) is 13.1 Å². The van der Waals surface area contributed by atoms with Crippen LogP contribution in [0.3, 0.4) is 0 Å². The quantitative estimate of drug-likeness (QED) is 0.610. The van der Waals surface area contributed by atoms with Gasteiger partial charge in [0.15, 0.2) is 17.2 Å². The number of rotatable bonds is 2. The van der Waals surface area contributed by atoms with Crippen LogP contribution in [0.4, 0.5) is 9.18 Å². The molecule has 0 bridgehead atoms. The molecule has 0 unspecified atom stereocenters. The van der Waals surface area contributed by atoms with Crippen molar-refractivity contribution in [3.8, 4) is 17.2 Å². The number of carbonyl (C=O) groups excluding carboxylic acids is 1. The highest BCUT2D eigenvalue weighted by atomic mass is 19.1. The molecule has 0 atom stereocenters. The van der Waals surface area contributed by atoms with Gasteiger partial charge < -0.3 is 23.8 Å². The first-order valence-electron chi connectivity index (χ1n) is 10.1. The number of piperidine rings is 1. The third-order valence-corrected chi connectivity index (χ3v) is 5.59. The molecule has 1 saturated heterocycles. The molecule has 1 aromatic carbocycles. The van der Waals surface area contributed by atoms with Gasteiger partial charge >= 0.3 is 6.09 Å². The van der Waals surface area contributed by atoms with Gasteiger partial charge in [-0.05, 0) is 32.9 Å². The number of hydrogen-bond acceptors (Lipinski definition) is 5. The molecular formula is C18H28B4FNO5. The third-order valence-electron chi connectivity index (χ3n) is 5.59. The first-order chi connectivity index (χ1) is 13.3. The summed E-state index contributed by atoms with van der Waals surface area (Å²) in [6.45, 7) is 6.54. The highest BCUT2D eigenvalue weighted by molar-refractivity contribution is 6.53. The summed E-state index contributed by atoms with van der Waals surface area (Å²) < 4.78 is 38.3. The van der Waals surface area contributed by atoms with E-state index in [-0.39, 0.29) is 23.7 Å². The molecule has 3 rings (SSSR count). The molecule has 29 heavy (non-hydrogen) atoms. The molecule has 154 valence electrons. The zero-order valence-corrected chi connectivity index (χ0v) is 18.4. The van der Waals surface area contributed by atoms with E-state index in [9.17, 15) is 4.79 Å². The molecule has 0 aromatic heterocycles. The average molecular weight is 401 g/mol. The fraction of sp³-hybridized carbons (Fsp3) is 0.611. The van der Waals surface area contributed by atoms with Crippen LogP contribution in [0.2, 0.25) is 0 Å². The van der Waals surface area contributed by atoms with Gasteiger partial charge in [-0.15, -0.1) is 0 Å². The fourth-order valence-corrected chi connectivity index (χ4v) is 3.22. The smallest absolute Gasteiger partial charge is 0.410 e. The second-order valence-corrected chi connectivity index (χ2v) is 9.71. The number of carbonyl (C=O) groups is 1. The van der Waals surface area contributed by atoms with Crippen LogP contribution in [0.5, 0.6) is 17.2 Å². The number of benzene rings is 1. The van der Waals surface area contributed by atoms with Crippen molar-refractivity contribution in [2.45, 2.75) is 56.1 Å². The number of nitrogens with zero attached hydrogens (tertiary/aromatic N) is 1. The van der Waals surface area contributed by atoms with E-state index >= 15 is 4.39 Å². The lowest BCUT2D eigenvalue weighted by molar-refractivity contribution is 0.0120. The molecule has 1 amide bonds. The second kappa shape index (κ2) is 7.40. The Morgan fingerprint density at radius 2 is 1.72 bits per heavy atom. The largest absolute Gasteiger partial charge is 0.499 e. The maximum absolute atomic E-state index is 15.1. The van der Waals surface area contributed by atoms with E-state index in [4.69, 9.17) is 18.9 Å². The van der Waals surface area contributed by atoms with Crippen LogP contribution in [-0.4, -0.2) is 78.0 Å². The van der Waals surface area contributed by atoms with Crippen LogP contribution in [0.15, 0.2) is 12.1 Å². The van der Waals surface area contributed by atoms with E-state index in [1.54, 1.807) is 17.0 Å². The topological polar surface area (TPSA) is 57.2 Å². The van der Waals surface area contributed by atoms with Crippen molar-refractivity contribution in [3.63, 3.8) is 0 Å². The lowest BCUT2D eigenvalue weighted by Gasteiger charge is -2.47. The predicted octanol–water partition coefficient (Wildman–Crippen LogP) is -0.785. The van der Waals surface area contributed by atoms with E-state index in [1.165, 1.54) is 0 Å². The minimum atomic E-state index is -0.696. The minimum Gasteiger partial charge on any atom is -0.499 e. The number of fused-ring (bicyclic) bond motifs is 1. The molecule has 0 saturated carbocycles. The molecule has 1 fully saturated rings. The van der Waals surface area contributed by atoms with Crippen molar-refractivity contribution in [1.82, 2.24) is 4.90 Å². The molecule has 0 radical (unpaired) electrons. The summed E-state index contributed by atoms with van der Waals surface area (Å²) in [7, 11) is 7.57. The van der Waals surface area contributed by atoms with Gasteiger partial charge in [-0.2, -0.15) is 4.39 Å². The lowest BCUT2D eigenvalue weighted by Crippen LogP contribution is -2.65. The fourth-order valence-electron chi connectivity index (χ4n) is 3.22. The lowest BCUT2D eigenvalue weighted by atomic mass is 9.41. The molecule has 11 heteroatoms. The molecule has 2 aliphatic rings. The van der Waals surface area contributed by atoms with Gasteiger partial charge in [-0.1, -0.05) is 0 Å². The molecule has 0 spiro atoms. The van der Waals surface area contributed by atoms with Crippen molar-refractivity contribution >= 4 is 37.5 Å². The monoisotopic (exact) mass is 401 g/mol. The van der Waals surface area contributed by atoms with Gasteiger partial charge in [0.25, 0.3) is 0 Å². The van der Waals surface area contributed by atoms with Crippen LogP contribution >= 0.6 is 0 Å². The summed E-state index contributed by atoms with van der Waals surface area (Å²) in [4.78, 5) is 13.8. The summed E-state index contributed by atoms with van der Waals surface area (Å²) >= 11 is 0. The maximum atomic E-state index is 15.1. The van der Waals surface area contributed by atoms with E-state index in [2.05, 4.69) is 0 Å². The molecule has 2 heterocycles. The number of ether oxygens (including phenoxy) is 4. The van der Waals surface area contributed by atoms with E-state index in [1.807, 2.05) is 52.2 Å². The Kier molecular flexibility index (Phi) is 5.56. The Hall–Kier alpha value is -1.92. The van der Waals surface area contributed by atoms with Crippen LogP contribution < -0.4 is 14.2 Å². The van der Waals surface area contributed by atoms with E-state index in [0.717, 1.165) is 0 Å². The zero-order valence-electron chi connectivity index (χ0n) is 18.4. The van der Waals surface area contributed by atoms with Crippen LogP contribution in [0, 0.1) is 5.82 Å². The summed E-state index contributed by atoms with van der Waals surface area (Å²) in [6, 6.07) is 3.26. The Bertz CT molecular complexity index is 791. The maximum Gasteiger partial charge on any atom is 0.410 e. The third kappa shape index (κ3) is 4.64. The van der Waals surface area contributed by atoms with Crippen molar-refractivity contribution in [3.05, 3.63) is 17.9 Å². The summed E-state index contributed by atoms with van der Waals surface area (Å²) in [6.07, 6.45) is 0.693. The molecule has 0 N–H and O–H groups in total. The van der Waals surface area contributed by atoms with Crippen LogP contribution in [0.25, 0.3) is 0 Å². The summed E-state index contributed by atoms with van der Waals surface area (Å²) in [5.74, 6) is 0.0381. The van der Waals surface area contributed by atoms with Crippen molar-refractivity contribution < 1.29 is 28.1 Å². The molecule has 2 aliphatic heterocycles. The Morgan fingerprint density at radius 3 is 2.31 bits per heavy atom. The van der Waals surface area contributed by atoms with Gasteiger partial charge in [0.1, 0.15) is 43.1 Å². The van der Waals surface area contributed by atoms with Gasteiger partial charge in [-0.3, -0.25) is 0 Å². The second-order valence-electron chi connectivity index (χ2n) is 9.71. The average Bonchev–Trinajstić information content (AvgIpc) is 2.58. The van der Waals surface area contributed by atoms with Crippen LogP contribution in [0.1, 0.15) is 33.6 Å². The van der Waals surface area contributed by atoms with Gasteiger partial charge in [0.2, 0.25) is 5.82 Å². The summed E-state index contributed by atoms with van der Waals surface area (Å²) in [5.41, 5.74) is -0.527. The highest BCUT2D eigenvalue weighted by Gasteiger charge is 2.46. The SMILES string of the molecule is BC1(B)Oc2ccc(OC3CCN(C(=O)OC(C)(C)C)CC3)c(F)c2OC1(B)B. The van der Waals surface area contributed by atoms with Crippen molar-refractivity contribution in [2.24, 2.45) is 0 Å². The van der Waals surface area contributed by atoms with Crippen LogP contribution in [-0.2, 0) is 4.74 Å². The Morgan fingerprint density at radius 1 is 1.14 bits per heavy atom. The van der Waals surface area contributed by atoms with Gasteiger partial charge in [-0.25, -0.2) is 4.79 Å². The van der Waals surface area contributed by atoms with Gasteiger partial charge in [0, 0.05) is 25.9 Å². The molecule has 6 nitrogen and oxygen atoms in total. The minimum absolute atomic E-state index is 0.0815. The Balaban J connectivity index is 1.65. The molecule has 0 aliphatic carbocycles. The molecular weight excluding hydrogens is 372 g/mol. The molecule has 1 aromatic rings. The zero-order chi connectivity index (χ0) is 21.6. The summed E-state index contributed by atoms with van der Waals surface area (Å²) in [5, 5.41) is -1.29. The van der Waals surface area contributed by atoms with Gasteiger partial charge in [0.05, 0.1) is 10.8 Å². The highest BCUT2D eigenvalue weighted by Crippen LogP contribution is 2.44. The Labute approximate surface area is 175 Å². The van der Waals surface area contributed by atoms with E-state index < -0.39 is 22.2 Å². The van der Waals surface area contributed by atoms with E-state index in [0.29, 0.717) is 31.7 Å². The normalized spacial score (nSPS) is 20.8. The first-order valence-corrected chi connectivity index (χ1v) is 10.1. The first kappa shape index (κ1) is 21.8. The predicted molar refractivity (Wildman–Crippen MR) is 119 cm³/mol. The number of hydrogen-bond donors (Lipinski definition) is 0.